The summed E-state index contributed by atoms with van der Waals surface area (Å²) in [5, 5.41) is 13.6. The number of aliphatic hydroxyl groups is 1. The van der Waals surface area contributed by atoms with Crippen LogP contribution in [0.15, 0.2) is 11.4 Å². The molecule has 0 aliphatic carbocycles. The Labute approximate surface area is 110 Å². The van der Waals surface area contributed by atoms with Gasteiger partial charge in [-0.25, -0.2) is 4.79 Å². The summed E-state index contributed by atoms with van der Waals surface area (Å²) in [6, 6.07) is 1.63. The summed E-state index contributed by atoms with van der Waals surface area (Å²) in [4.78, 5) is 23.1. The maximum Gasteiger partial charge on any atom is 0.341 e. The lowest BCUT2D eigenvalue weighted by Crippen LogP contribution is -2.13. The van der Waals surface area contributed by atoms with E-state index in [0.717, 1.165) is 0 Å². The van der Waals surface area contributed by atoms with Crippen LogP contribution in [0.2, 0.25) is 0 Å². The average Bonchev–Trinajstić information content (AvgIpc) is 2.78. The van der Waals surface area contributed by atoms with Gasteiger partial charge in [-0.05, 0) is 31.2 Å². The van der Waals surface area contributed by atoms with Gasteiger partial charge >= 0.3 is 5.97 Å². The van der Waals surface area contributed by atoms with Gasteiger partial charge in [-0.2, -0.15) is 0 Å². The quantitative estimate of drug-likeness (QED) is 0.587. The Balaban J connectivity index is 2.54. The van der Waals surface area contributed by atoms with E-state index < -0.39 is 5.97 Å². The standard InChI is InChI=1S/C12H17NO4S/c1-2-17-12(16)9-6-8-18-11(9)13-10(15)5-3-4-7-14/h6,8,14H,2-5,7H2,1H3,(H,13,15). The molecular weight excluding hydrogens is 254 g/mol. The van der Waals surface area contributed by atoms with Crippen molar-refractivity contribution in [2.75, 3.05) is 18.5 Å². The second-order valence-corrected chi connectivity index (χ2v) is 4.53. The zero-order valence-electron chi connectivity index (χ0n) is 10.3. The number of nitrogens with one attached hydrogen (secondary N) is 1. The Bertz CT molecular complexity index is 403. The lowest BCUT2D eigenvalue weighted by molar-refractivity contribution is -0.116. The Morgan fingerprint density at radius 3 is 2.89 bits per heavy atom. The molecule has 1 rings (SSSR count). The molecule has 1 heterocycles. The summed E-state index contributed by atoms with van der Waals surface area (Å²) in [5.74, 6) is -0.583. The smallest absolute Gasteiger partial charge is 0.341 e. The molecule has 0 aromatic carbocycles. The van der Waals surface area contributed by atoms with Crippen LogP contribution in [0.5, 0.6) is 0 Å². The maximum absolute atomic E-state index is 11.6. The van der Waals surface area contributed by atoms with Gasteiger partial charge in [0, 0.05) is 13.0 Å². The van der Waals surface area contributed by atoms with Crippen LogP contribution in [0.1, 0.15) is 36.5 Å². The Kier molecular flexibility index (Phi) is 6.38. The highest BCUT2D eigenvalue weighted by molar-refractivity contribution is 7.14. The first-order valence-electron chi connectivity index (χ1n) is 5.84. The van der Waals surface area contributed by atoms with Crippen LogP contribution in [0.25, 0.3) is 0 Å². The first-order valence-corrected chi connectivity index (χ1v) is 6.72. The van der Waals surface area contributed by atoms with E-state index in [-0.39, 0.29) is 12.5 Å². The van der Waals surface area contributed by atoms with Crippen molar-refractivity contribution in [1.29, 1.82) is 0 Å². The molecule has 0 atom stereocenters. The third kappa shape index (κ3) is 4.46. The average molecular weight is 271 g/mol. The highest BCUT2D eigenvalue weighted by Crippen LogP contribution is 2.24. The van der Waals surface area contributed by atoms with Gasteiger partial charge in [-0.1, -0.05) is 0 Å². The molecule has 6 heteroatoms. The summed E-state index contributed by atoms with van der Waals surface area (Å²) >= 11 is 1.29. The lowest BCUT2D eigenvalue weighted by atomic mass is 10.2. The molecule has 100 valence electrons. The van der Waals surface area contributed by atoms with Crippen LogP contribution in [0.4, 0.5) is 5.00 Å². The fraction of sp³-hybridized carbons (Fsp3) is 0.500. The van der Waals surface area contributed by atoms with Crippen molar-refractivity contribution >= 4 is 28.2 Å². The van der Waals surface area contributed by atoms with Gasteiger partial charge in [0.15, 0.2) is 0 Å². The van der Waals surface area contributed by atoms with E-state index in [1.165, 1.54) is 11.3 Å². The van der Waals surface area contributed by atoms with Crippen molar-refractivity contribution in [2.24, 2.45) is 0 Å². The largest absolute Gasteiger partial charge is 0.462 e. The summed E-state index contributed by atoms with van der Waals surface area (Å²) in [6.45, 7) is 2.12. The van der Waals surface area contributed by atoms with Crippen LogP contribution in [0.3, 0.4) is 0 Å². The number of esters is 1. The highest BCUT2D eigenvalue weighted by atomic mass is 32.1. The van der Waals surface area contributed by atoms with Crippen LogP contribution < -0.4 is 5.32 Å². The molecule has 0 bridgehead atoms. The third-order valence-corrected chi connectivity index (χ3v) is 3.06. The second-order valence-electron chi connectivity index (χ2n) is 3.61. The Morgan fingerprint density at radius 2 is 2.22 bits per heavy atom. The number of anilines is 1. The zero-order valence-corrected chi connectivity index (χ0v) is 11.1. The van der Waals surface area contributed by atoms with E-state index >= 15 is 0 Å². The molecule has 0 spiro atoms. The lowest BCUT2D eigenvalue weighted by Gasteiger charge is -2.05. The van der Waals surface area contributed by atoms with Crippen LogP contribution in [-0.4, -0.2) is 30.2 Å². The predicted octanol–water partition coefficient (Wildman–Crippen LogP) is 2.03. The number of rotatable bonds is 7. The van der Waals surface area contributed by atoms with Gasteiger partial charge in [0.2, 0.25) is 5.91 Å². The number of unbranched alkanes of at least 4 members (excludes halogenated alkanes) is 1. The molecule has 0 unspecified atom stereocenters. The van der Waals surface area contributed by atoms with Crippen molar-refractivity contribution in [3.05, 3.63) is 17.0 Å². The number of carbonyl (C=O) groups is 2. The van der Waals surface area contributed by atoms with Gasteiger partial charge < -0.3 is 15.2 Å². The van der Waals surface area contributed by atoms with Crippen molar-refractivity contribution in [3.8, 4) is 0 Å². The number of hydrogen-bond donors (Lipinski definition) is 2. The number of carbonyl (C=O) groups excluding carboxylic acids is 2. The Hall–Kier alpha value is -1.40. The molecule has 0 fully saturated rings. The molecular formula is C12H17NO4S. The fourth-order valence-corrected chi connectivity index (χ4v) is 2.15. The fourth-order valence-electron chi connectivity index (χ4n) is 1.36. The molecule has 1 aromatic rings. The van der Waals surface area contributed by atoms with E-state index in [9.17, 15) is 9.59 Å². The number of hydrogen-bond acceptors (Lipinski definition) is 5. The van der Waals surface area contributed by atoms with E-state index in [1.54, 1.807) is 18.4 Å². The van der Waals surface area contributed by atoms with Gasteiger partial charge in [0.25, 0.3) is 0 Å². The molecule has 0 saturated heterocycles. The predicted molar refractivity (Wildman–Crippen MR) is 69.8 cm³/mol. The van der Waals surface area contributed by atoms with E-state index in [1.807, 2.05) is 0 Å². The van der Waals surface area contributed by atoms with Crippen molar-refractivity contribution in [3.63, 3.8) is 0 Å². The van der Waals surface area contributed by atoms with E-state index in [2.05, 4.69) is 5.32 Å². The van der Waals surface area contributed by atoms with Crippen molar-refractivity contribution in [2.45, 2.75) is 26.2 Å². The summed E-state index contributed by atoms with van der Waals surface area (Å²) in [6.07, 6.45) is 1.56. The number of aliphatic hydroxyl groups excluding tert-OH is 1. The molecule has 2 N–H and O–H groups in total. The third-order valence-electron chi connectivity index (χ3n) is 2.23. The van der Waals surface area contributed by atoms with Gasteiger partial charge in [-0.3, -0.25) is 4.79 Å². The first-order chi connectivity index (χ1) is 8.69. The van der Waals surface area contributed by atoms with Crippen molar-refractivity contribution < 1.29 is 19.4 Å². The highest BCUT2D eigenvalue weighted by Gasteiger charge is 2.15. The number of amides is 1. The van der Waals surface area contributed by atoms with Crippen LogP contribution in [0, 0.1) is 0 Å². The SMILES string of the molecule is CCOC(=O)c1ccsc1NC(=O)CCCCO. The summed E-state index contributed by atoms with van der Waals surface area (Å²) in [5.41, 5.74) is 0.386. The van der Waals surface area contributed by atoms with Gasteiger partial charge in [-0.15, -0.1) is 11.3 Å². The molecule has 1 aromatic heterocycles. The monoisotopic (exact) mass is 271 g/mol. The van der Waals surface area contributed by atoms with Gasteiger partial charge in [0.1, 0.15) is 5.00 Å². The Morgan fingerprint density at radius 1 is 1.44 bits per heavy atom. The molecule has 18 heavy (non-hydrogen) atoms. The molecule has 0 aliphatic heterocycles. The number of ether oxygens (including phenoxy) is 1. The number of thiophene rings is 1. The molecule has 0 saturated carbocycles. The van der Waals surface area contributed by atoms with Gasteiger partial charge in [0.05, 0.1) is 12.2 Å². The molecule has 5 nitrogen and oxygen atoms in total. The van der Waals surface area contributed by atoms with Crippen LogP contribution in [-0.2, 0) is 9.53 Å². The second kappa shape index (κ2) is 7.84. The molecule has 0 radical (unpaired) electrons. The molecule has 1 amide bonds. The minimum absolute atomic E-state index is 0.0837. The zero-order chi connectivity index (χ0) is 13.4. The molecule has 0 aliphatic rings. The van der Waals surface area contributed by atoms with Crippen LogP contribution >= 0.6 is 11.3 Å². The summed E-state index contributed by atoms with van der Waals surface area (Å²) < 4.78 is 4.89. The van der Waals surface area contributed by atoms with Crippen molar-refractivity contribution in [1.82, 2.24) is 0 Å². The normalized spacial score (nSPS) is 10.1. The minimum atomic E-state index is -0.426. The topological polar surface area (TPSA) is 75.6 Å². The minimum Gasteiger partial charge on any atom is -0.462 e. The summed E-state index contributed by atoms with van der Waals surface area (Å²) in [7, 11) is 0. The van der Waals surface area contributed by atoms with E-state index in [0.29, 0.717) is 36.4 Å². The maximum atomic E-state index is 11.6. The van der Waals surface area contributed by atoms with E-state index in [4.69, 9.17) is 9.84 Å². The first kappa shape index (κ1) is 14.7.